The quantitative estimate of drug-likeness (QED) is 0.122. The number of esters is 2. The summed E-state index contributed by atoms with van der Waals surface area (Å²) < 4.78 is 17.1. The molecule has 0 unspecified atom stereocenters. The van der Waals surface area contributed by atoms with Gasteiger partial charge in [-0.05, 0) is 92.5 Å². The third kappa shape index (κ3) is 11.1. The predicted molar refractivity (Wildman–Crippen MR) is 157 cm³/mol. The Kier molecular flexibility index (Phi) is 13.4. The van der Waals surface area contributed by atoms with Crippen molar-refractivity contribution in [2.75, 3.05) is 6.61 Å². The fraction of sp³-hybridized carbons (Fsp3) is 0.588. The topological polar surface area (TPSA) is 61.8 Å². The van der Waals surface area contributed by atoms with E-state index in [9.17, 15) is 9.59 Å². The molecular weight excluding hydrogens is 488 g/mol. The summed E-state index contributed by atoms with van der Waals surface area (Å²) in [5.41, 5.74) is 0.922. The summed E-state index contributed by atoms with van der Waals surface area (Å²) in [6, 6.07) is 13.6. The van der Waals surface area contributed by atoms with Crippen LogP contribution in [0.25, 0.3) is 0 Å². The normalized spacial score (nSPS) is 17.8. The molecule has 3 rings (SSSR count). The highest BCUT2D eigenvalue weighted by molar-refractivity contribution is 5.92. The van der Waals surface area contributed by atoms with E-state index in [4.69, 9.17) is 14.2 Å². The van der Waals surface area contributed by atoms with Crippen LogP contribution in [0.5, 0.6) is 11.5 Å². The SMILES string of the molecule is CCCCCC1CCC(OC(=O)c2ccc(OC(=O)c3ccc(OCCCCC[C@@H](C)CC)cc3)cc2)CC1. The first-order valence-electron chi connectivity index (χ1n) is 15.2. The lowest BCUT2D eigenvalue weighted by molar-refractivity contribution is 0.0161. The zero-order chi connectivity index (χ0) is 27.9. The summed E-state index contributed by atoms with van der Waals surface area (Å²) in [6.45, 7) is 7.46. The van der Waals surface area contributed by atoms with Crippen molar-refractivity contribution in [2.45, 2.75) is 110 Å². The van der Waals surface area contributed by atoms with Crippen LogP contribution in [-0.4, -0.2) is 24.6 Å². The highest BCUT2D eigenvalue weighted by atomic mass is 16.5. The number of carbonyl (C=O) groups excluding carboxylic acids is 2. The van der Waals surface area contributed by atoms with Gasteiger partial charge in [-0.25, -0.2) is 9.59 Å². The van der Waals surface area contributed by atoms with Gasteiger partial charge in [0.05, 0.1) is 17.7 Å². The van der Waals surface area contributed by atoms with Gasteiger partial charge in [0.15, 0.2) is 0 Å². The standard InChI is InChI=1S/C34H48O5/c1-4-6-8-12-27-13-19-31(20-14-27)38-34(36)29-17-23-32(24-18-29)39-33(35)28-15-21-30(22-16-28)37-25-10-7-9-11-26(3)5-2/h15-18,21-24,26-27,31H,4-14,19-20,25H2,1-3H3/t26-,27?,31?/m0/s1. The molecule has 5 nitrogen and oxygen atoms in total. The van der Waals surface area contributed by atoms with Crippen molar-refractivity contribution in [2.24, 2.45) is 11.8 Å². The van der Waals surface area contributed by atoms with Gasteiger partial charge < -0.3 is 14.2 Å². The van der Waals surface area contributed by atoms with Crippen LogP contribution in [0.1, 0.15) is 125 Å². The number of ether oxygens (including phenoxy) is 3. The lowest BCUT2D eigenvalue weighted by Crippen LogP contribution is -2.24. The molecule has 1 atom stereocenters. The van der Waals surface area contributed by atoms with Gasteiger partial charge in [0, 0.05) is 0 Å². The number of benzene rings is 2. The van der Waals surface area contributed by atoms with E-state index in [0.717, 1.165) is 49.7 Å². The Hall–Kier alpha value is -2.82. The minimum atomic E-state index is -0.447. The lowest BCUT2D eigenvalue weighted by Gasteiger charge is -2.28. The summed E-state index contributed by atoms with van der Waals surface area (Å²) in [6.07, 6.45) is 15.3. The van der Waals surface area contributed by atoms with E-state index < -0.39 is 5.97 Å². The highest BCUT2D eigenvalue weighted by Gasteiger charge is 2.24. The summed E-state index contributed by atoms with van der Waals surface area (Å²) in [5, 5.41) is 0. The minimum Gasteiger partial charge on any atom is -0.494 e. The molecule has 2 aromatic carbocycles. The Morgan fingerprint density at radius 1 is 0.769 bits per heavy atom. The van der Waals surface area contributed by atoms with Crippen molar-refractivity contribution in [3.8, 4) is 11.5 Å². The van der Waals surface area contributed by atoms with Gasteiger partial charge in [0.2, 0.25) is 0 Å². The Balaban J connectivity index is 1.36. The number of unbranched alkanes of at least 4 members (excludes halogenated alkanes) is 4. The maximum absolute atomic E-state index is 12.6. The second-order valence-electron chi connectivity index (χ2n) is 11.2. The molecule has 0 bridgehead atoms. The van der Waals surface area contributed by atoms with Crippen LogP contribution in [0.4, 0.5) is 0 Å². The molecule has 2 aromatic rings. The molecule has 0 aromatic heterocycles. The van der Waals surface area contributed by atoms with Crippen LogP contribution >= 0.6 is 0 Å². The second-order valence-corrected chi connectivity index (χ2v) is 11.2. The van der Waals surface area contributed by atoms with Crippen molar-refractivity contribution in [3.05, 3.63) is 59.7 Å². The van der Waals surface area contributed by atoms with Crippen LogP contribution < -0.4 is 9.47 Å². The summed E-state index contributed by atoms with van der Waals surface area (Å²) in [5.74, 6) is 1.96. The highest BCUT2D eigenvalue weighted by Crippen LogP contribution is 2.30. The average Bonchev–Trinajstić information content (AvgIpc) is 2.96. The molecule has 1 aliphatic carbocycles. The molecular formula is C34H48O5. The fourth-order valence-corrected chi connectivity index (χ4v) is 5.12. The van der Waals surface area contributed by atoms with E-state index in [0.29, 0.717) is 23.5 Å². The van der Waals surface area contributed by atoms with Crippen LogP contribution in [0.15, 0.2) is 48.5 Å². The number of hydrogen-bond acceptors (Lipinski definition) is 5. The lowest BCUT2D eigenvalue weighted by atomic mass is 9.84. The minimum absolute atomic E-state index is 0.000932. The molecule has 0 N–H and O–H groups in total. The van der Waals surface area contributed by atoms with E-state index in [1.165, 1.54) is 51.4 Å². The Bertz CT molecular complexity index is 974. The fourth-order valence-electron chi connectivity index (χ4n) is 5.12. The Morgan fingerprint density at radius 2 is 1.41 bits per heavy atom. The first-order valence-corrected chi connectivity index (χ1v) is 15.2. The zero-order valence-electron chi connectivity index (χ0n) is 24.3. The molecule has 0 aliphatic heterocycles. The van der Waals surface area contributed by atoms with E-state index in [1.807, 2.05) is 0 Å². The molecule has 1 aliphatic rings. The summed E-state index contributed by atoms with van der Waals surface area (Å²) in [4.78, 5) is 25.2. The third-order valence-corrected chi connectivity index (χ3v) is 7.98. The Labute approximate surface area is 235 Å². The smallest absolute Gasteiger partial charge is 0.343 e. The van der Waals surface area contributed by atoms with Gasteiger partial charge in [0.1, 0.15) is 17.6 Å². The van der Waals surface area contributed by atoms with Crippen LogP contribution in [0.2, 0.25) is 0 Å². The van der Waals surface area contributed by atoms with Gasteiger partial charge in [-0.15, -0.1) is 0 Å². The zero-order valence-corrected chi connectivity index (χ0v) is 24.3. The third-order valence-electron chi connectivity index (χ3n) is 7.98. The van der Waals surface area contributed by atoms with E-state index >= 15 is 0 Å². The second kappa shape index (κ2) is 17.0. The molecule has 5 heteroatoms. The first kappa shape index (κ1) is 30.7. The largest absolute Gasteiger partial charge is 0.494 e. The summed E-state index contributed by atoms with van der Waals surface area (Å²) >= 11 is 0. The van der Waals surface area contributed by atoms with Gasteiger partial charge in [-0.2, -0.15) is 0 Å². The number of hydrogen-bond donors (Lipinski definition) is 0. The molecule has 214 valence electrons. The molecule has 1 fully saturated rings. The average molecular weight is 537 g/mol. The van der Waals surface area contributed by atoms with Crippen LogP contribution in [0, 0.1) is 11.8 Å². The van der Waals surface area contributed by atoms with Crippen molar-refractivity contribution in [1.29, 1.82) is 0 Å². The molecule has 0 saturated heterocycles. The van der Waals surface area contributed by atoms with E-state index in [1.54, 1.807) is 48.5 Å². The number of carbonyl (C=O) groups is 2. The number of rotatable bonds is 16. The van der Waals surface area contributed by atoms with Crippen molar-refractivity contribution in [1.82, 2.24) is 0 Å². The van der Waals surface area contributed by atoms with Crippen LogP contribution in [0.3, 0.4) is 0 Å². The molecule has 0 radical (unpaired) electrons. The first-order chi connectivity index (χ1) is 19.0. The van der Waals surface area contributed by atoms with Crippen molar-refractivity contribution in [3.63, 3.8) is 0 Å². The summed E-state index contributed by atoms with van der Waals surface area (Å²) in [7, 11) is 0. The van der Waals surface area contributed by atoms with Gasteiger partial charge in [0.25, 0.3) is 0 Å². The molecule has 0 amide bonds. The Morgan fingerprint density at radius 3 is 2.05 bits per heavy atom. The van der Waals surface area contributed by atoms with E-state index in [2.05, 4.69) is 20.8 Å². The molecule has 0 spiro atoms. The van der Waals surface area contributed by atoms with Gasteiger partial charge >= 0.3 is 11.9 Å². The van der Waals surface area contributed by atoms with Gasteiger partial charge in [-0.3, -0.25) is 0 Å². The van der Waals surface area contributed by atoms with Crippen molar-refractivity contribution >= 4 is 11.9 Å². The molecule has 0 heterocycles. The van der Waals surface area contributed by atoms with Crippen molar-refractivity contribution < 1.29 is 23.8 Å². The van der Waals surface area contributed by atoms with Crippen LogP contribution in [-0.2, 0) is 4.74 Å². The molecule has 39 heavy (non-hydrogen) atoms. The monoisotopic (exact) mass is 536 g/mol. The maximum atomic E-state index is 12.6. The predicted octanol–water partition coefficient (Wildman–Crippen LogP) is 9.19. The van der Waals surface area contributed by atoms with Gasteiger partial charge in [-0.1, -0.05) is 72.1 Å². The van der Waals surface area contributed by atoms with E-state index in [-0.39, 0.29) is 12.1 Å². The molecule has 1 saturated carbocycles. The maximum Gasteiger partial charge on any atom is 0.343 e.